The van der Waals surface area contributed by atoms with Gasteiger partial charge in [0.25, 0.3) is 0 Å². The molecule has 0 bridgehead atoms. The SMILES string of the molecule is O=C(Cc1ccsc1)N1CCC[C@H](Cc2cccnc2)C1. The molecule has 1 fully saturated rings. The van der Waals surface area contributed by atoms with E-state index in [1.54, 1.807) is 17.5 Å². The smallest absolute Gasteiger partial charge is 0.227 e. The van der Waals surface area contributed by atoms with Crippen molar-refractivity contribution in [3.05, 3.63) is 52.5 Å². The zero-order valence-electron chi connectivity index (χ0n) is 12.1. The Morgan fingerprint density at radius 2 is 2.33 bits per heavy atom. The van der Waals surface area contributed by atoms with Gasteiger partial charge in [-0.1, -0.05) is 6.07 Å². The Kier molecular flexibility index (Phi) is 4.65. The monoisotopic (exact) mass is 300 g/mol. The lowest BCUT2D eigenvalue weighted by atomic mass is 9.91. The highest BCUT2D eigenvalue weighted by molar-refractivity contribution is 7.07. The van der Waals surface area contributed by atoms with Gasteiger partial charge in [-0.15, -0.1) is 0 Å². The van der Waals surface area contributed by atoms with E-state index in [9.17, 15) is 4.79 Å². The second-order valence-electron chi connectivity index (χ2n) is 5.72. The standard InChI is InChI=1S/C17H20N2OS/c20-17(10-16-5-8-21-13-16)19-7-2-4-15(12-19)9-14-3-1-6-18-11-14/h1,3,5-6,8,11,13,15H,2,4,7,9-10,12H2/t15-/m1/s1. The third kappa shape index (κ3) is 3.91. The van der Waals surface area contributed by atoms with Crippen LogP contribution >= 0.6 is 11.3 Å². The van der Waals surface area contributed by atoms with Crippen molar-refractivity contribution >= 4 is 17.2 Å². The van der Waals surface area contributed by atoms with E-state index < -0.39 is 0 Å². The minimum Gasteiger partial charge on any atom is -0.342 e. The van der Waals surface area contributed by atoms with Crippen molar-refractivity contribution in [2.75, 3.05) is 13.1 Å². The van der Waals surface area contributed by atoms with Gasteiger partial charge in [-0.05, 0) is 59.2 Å². The Hall–Kier alpha value is -1.68. The molecule has 0 aliphatic carbocycles. The predicted octanol–water partition coefficient (Wildman–Crippen LogP) is 3.17. The second-order valence-corrected chi connectivity index (χ2v) is 6.50. The first kappa shape index (κ1) is 14.3. The maximum absolute atomic E-state index is 12.4. The summed E-state index contributed by atoms with van der Waals surface area (Å²) < 4.78 is 0. The van der Waals surface area contributed by atoms with Crippen LogP contribution in [0, 0.1) is 5.92 Å². The highest BCUT2D eigenvalue weighted by Crippen LogP contribution is 2.21. The molecule has 3 heterocycles. The Bertz CT molecular complexity index is 568. The van der Waals surface area contributed by atoms with E-state index in [4.69, 9.17) is 0 Å². The number of hydrogen-bond acceptors (Lipinski definition) is 3. The number of carbonyl (C=O) groups excluding carboxylic acids is 1. The van der Waals surface area contributed by atoms with Gasteiger partial charge in [0.1, 0.15) is 0 Å². The van der Waals surface area contributed by atoms with E-state index in [2.05, 4.69) is 16.4 Å². The molecule has 0 unspecified atom stereocenters. The average Bonchev–Trinajstić information content (AvgIpc) is 3.01. The van der Waals surface area contributed by atoms with Gasteiger partial charge < -0.3 is 4.90 Å². The van der Waals surface area contributed by atoms with Crippen LogP contribution in [0.5, 0.6) is 0 Å². The number of nitrogens with zero attached hydrogens (tertiary/aromatic N) is 2. The summed E-state index contributed by atoms with van der Waals surface area (Å²) in [6, 6.07) is 6.15. The third-order valence-corrected chi connectivity index (χ3v) is 4.79. The van der Waals surface area contributed by atoms with Gasteiger partial charge in [0.15, 0.2) is 0 Å². The van der Waals surface area contributed by atoms with Gasteiger partial charge in [-0.2, -0.15) is 11.3 Å². The molecule has 1 aliphatic rings. The van der Waals surface area contributed by atoms with Crippen molar-refractivity contribution < 1.29 is 4.79 Å². The maximum atomic E-state index is 12.4. The fraction of sp³-hybridized carbons (Fsp3) is 0.412. The molecule has 2 aromatic rings. The van der Waals surface area contributed by atoms with Crippen LogP contribution in [0.4, 0.5) is 0 Å². The van der Waals surface area contributed by atoms with Crippen molar-refractivity contribution in [2.24, 2.45) is 5.92 Å². The minimum atomic E-state index is 0.268. The first-order valence-electron chi connectivity index (χ1n) is 7.49. The van der Waals surface area contributed by atoms with E-state index >= 15 is 0 Å². The molecule has 1 aliphatic heterocycles. The molecule has 3 nitrogen and oxygen atoms in total. The highest BCUT2D eigenvalue weighted by atomic mass is 32.1. The molecule has 4 heteroatoms. The van der Waals surface area contributed by atoms with E-state index in [1.165, 1.54) is 12.0 Å². The van der Waals surface area contributed by atoms with Gasteiger partial charge in [0.05, 0.1) is 6.42 Å². The van der Waals surface area contributed by atoms with Crippen LogP contribution in [0.2, 0.25) is 0 Å². The van der Waals surface area contributed by atoms with Gasteiger partial charge >= 0.3 is 0 Å². The summed E-state index contributed by atoms with van der Waals surface area (Å²) in [5.74, 6) is 0.832. The Balaban J connectivity index is 1.56. The molecule has 110 valence electrons. The summed E-state index contributed by atoms with van der Waals surface area (Å²) in [7, 11) is 0. The summed E-state index contributed by atoms with van der Waals surface area (Å²) in [5, 5.41) is 4.10. The Labute approximate surface area is 129 Å². The Morgan fingerprint density at radius 1 is 1.38 bits per heavy atom. The molecular formula is C17H20N2OS. The predicted molar refractivity (Wildman–Crippen MR) is 85.3 cm³/mol. The summed E-state index contributed by atoms with van der Waals surface area (Å²) >= 11 is 1.65. The molecule has 1 atom stereocenters. The van der Waals surface area contributed by atoms with Crippen LogP contribution in [-0.4, -0.2) is 28.9 Å². The number of thiophene rings is 1. The Morgan fingerprint density at radius 3 is 3.10 bits per heavy atom. The van der Waals surface area contributed by atoms with Crippen LogP contribution in [0.3, 0.4) is 0 Å². The number of likely N-dealkylation sites (tertiary alicyclic amines) is 1. The second kappa shape index (κ2) is 6.85. The molecule has 0 aromatic carbocycles. The van der Waals surface area contributed by atoms with Crippen LogP contribution in [0.1, 0.15) is 24.0 Å². The van der Waals surface area contributed by atoms with Crippen LogP contribution < -0.4 is 0 Å². The van der Waals surface area contributed by atoms with Crippen LogP contribution in [0.25, 0.3) is 0 Å². The fourth-order valence-corrected chi connectivity index (χ4v) is 3.66. The molecule has 3 rings (SSSR count). The van der Waals surface area contributed by atoms with Gasteiger partial charge in [-0.3, -0.25) is 9.78 Å². The molecule has 2 aromatic heterocycles. The molecular weight excluding hydrogens is 280 g/mol. The molecule has 0 N–H and O–H groups in total. The van der Waals surface area contributed by atoms with E-state index in [-0.39, 0.29) is 5.91 Å². The maximum Gasteiger partial charge on any atom is 0.227 e. The first-order valence-corrected chi connectivity index (χ1v) is 8.43. The third-order valence-electron chi connectivity index (χ3n) is 4.05. The summed E-state index contributed by atoms with van der Waals surface area (Å²) in [4.78, 5) is 18.6. The summed E-state index contributed by atoms with van der Waals surface area (Å²) in [6.45, 7) is 1.80. The number of piperidine rings is 1. The normalized spacial score (nSPS) is 18.7. The van der Waals surface area contributed by atoms with E-state index in [0.29, 0.717) is 12.3 Å². The van der Waals surface area contributed by atoms with Gasteiger partial charge in [0, 0.05) is 25.5 Å². The minimum absolute atomic E-state index is 0.268. The highest BCUT2D eigenvalue weighted by Gasteiger charge is 2.23. The fourth-order valence-electron chi connectivity index (χ4n) is 2.99. The average molecular weight is 300 g/mol. The van der Waals surface area contributed by atoms with Crippen LogP contribution in [-0.2, 0) is 17.6 Å². The van der Waals surface area contributed by atoms with E-state index in [1.807, 2.05) is 28.6 Å². The summed E-state index contributed by atoms with van der Waals surface area (Å²) in [5.41, 5.74) is 2.41. The quantitative estimate of drug-likeness (QED) is 0.869. The van der Waals surface area contributed by atoms with Crippen molar-refractivity contribution in [3.63, 3.8) is 0 Å². The molecule has 1 saturated heterocycles. The number of rotatable bonds is 4. The number of pyridine rings is 1. The van der Waals surface area contributed by atoms with Crippen molar-refractivity contribution in [1.29, 1.82) is 0 Å². The van der Waals surface area contributed by atoms with Gasteiger partial charge in [0.2, 0.25) is 5.91 Å². The molecule has 0 saturated carbocycles. The number of aromatic nitrogens is 1. The zero-order valence-corrected chi connectivity index (χ0v) is 12.9. The van der Waals surface area contributed by atoms with Crippen molar-refractivity contribution in [2.45, 2.75) is 25.7 Å². The largest absolute Gasteiger partial charge is 0.342 e. The molecule has 21 heavy (non-hydrogen) atoms. The van der Waals surface area contributed by atoms with Crippen LogP contribution in [0.15, 0.2) is 41.4 Å². The lowest BCUT2D eigenvalue weighted by Crippen LogP contribution is -2.41. The number of carbonyl (C=O) groups is 1. The first-order chi connectivity index (χ1) is 10.3. The van der Waals surface area contributed by atoms with Crippen molar-refractivity contribution in [1.82, 2.24) is 9.88 Å². The number of hydrogen-bond donors (Lipinski definition) is 0. The molecule has 0 spiro atoms. The van der Waals surface area contributed by atoms with E-state index in [0.717, 1.165) is 31.5 Å². The molecule has 1 amide bonds. The molecule has 0 radical (unpaired) electrons. The lowest BCUT2D eigenvalue weighted by Gasteiger charge is -2.33. The zero-order chi connectivity index (χ0) is 14.5. The topological polar surface area (TPSA) is 33.2 Å². The lowest BCUT2D eigenvalue weighted by molar-refractivity contribution is -0.132. The number of amides is 1. The van der Waals surface area contributed by atoms with Gasteiger partial charge in [-0.25, -0.2) is 0 Å². The van der Waals surface area contributed by atoms with Crippen molar-refractivity contribution in [3.8, 4) is 0 Å². The summed E-state index contributed by atoms with van der Waals surface area (Å²) in [6.07, 6.45) is 7.63.